The number of aromatic nitrogens is 2. The Morgan fingerprint density at radius 3 is 2.80 bits per heavy atom. The zero-order valence-corrected chi connectivity index (χ0v) is 12.6. The summed E-state index contributed by atoms with van der Waals surface area (Å²) in [7, 11) is 2.18. The number of ether oxygens (including phenoxy) is 1. The molecule has 2 aliphatic rings. The molecule has 3 rings (SSSR count). The maximum atomic E-state index is 5.86. The number of nitrogens with zero attached hydrogens (tertiary/aromatic N) is 4. The summed E-state index contributed by atoms with van der Waals surface area (Å²) in [6, 6.07) is 0. The predicted molar refractivity (Wildman–Crippen MR) is 79.2 cm³/mol. The van der Waals surface area contributed by atoms with Gasteiger partial charge in [0.1, 0.15) is 0 Å². The van der Waals surface area contributed by atoms with Crippen LogP contribution in [0, 0.1) is 5.92 Å². The third-order valence-corrected chi connectivity index (χ3v) is 4.01. The van der Waals surface area contributed by atoms with Gasteiger partial charge in [-0.15, -0.1) is 0 Å². The fraction of sp³-hybridized carbons (Fsp3) is 0.714. The number of halogens is 1. The molecule has 0 N–H and O–H groups in total. The number of likely N-dealkylation sites (N-methyl/N-ethyl adjacent to an activating group) is 1. The molecule has 1 atom stereocenters. The normalized spacial score (nSPS) is 23.4. The van der Waals surface area contributed by atoms with Gasteiger partial charge in [0.25, 0.3) is 0 Å². The van der Waals surface area contributed by atoms with Gasteiger partial charge in [0.05, 0.1) is 30.1 Å². The highest BCUT2D eigenvalue weighted by Gasteiger charge is 2.27. The van der Waals surface area contributed by atoms with Crippen LogP contribution >= 0.6 is 11.6 Å². The molecule has 110 valence electrons. The van der Waals surface area contributed by atoms with Crippen LogP contribution in [0.1, 0.15) is 12.8 Å². The molecule has 20 heavy (non-hydrogen) atoms. The van der Waals surface area contributed by atoms with Crippen molar-refractivity contribution in [3.63, 3.8) is 0 Å². The Bertz CT molecular complexity index is 437. The van der Waals surface area contributed by atoms with Crippen molar-refractivity contribution < 1.29 is 4.74 Å². The Morgan fingerprint density at radius 1 is 1.35 bits per heavy atom. The summed E-state index contributed by atoms with van der Waals surface area (Å²) in [6.45, 7) is 4.58. The minimum atomic E-state index is 0.228. The first-order valence-corrected chi connectivity index (χ1v) is 7.61. The van der Waals surface area contributed by atoms with Crippen LogP contribution in [0.5, 0.6) is 0 Å². The number of anilines is 1. The first-order chi connectivity index (χ1) is 9.70. The lowest BCUT2D eigenvalue weighted by Gasteiger charge is -2.34. The van der Waals surface area contributed by atoms with Crippen LogP contribution in [0.2, 0.25) is 5.02 Å². The highest BCUT2D eigenvalue weighted by molar-refractivity contribution is 6.30. The first kappa shape index (κ1) is 14.0. The highest BCUT2D eigenvalue weighted by atomic mass is 35.5. The van der Waals surface area contributed by atoms with Crippen LogP contribution in [0.25, 0.3) is 0 Å². The molecular formula is C14H21ClN4O. The Hall–Kier alpha value is -0.910. The molecule has 0 spiro atoms. The summed E-state index contributed by atoms with van der Waals surface area (Å²) >= 11 is 5.83. The Balaban J connectivity index is 1.54. The van der Waals surface area contributed by atoms with E-state index in [-0.39, 0.29) is 6.10 Å². The number of hydrogen-bond donors (Lipinski definition) is 0. The second kappa shape index (κ2) is 6.24. The molecule has 0 radical (unpaired) electrons. The van der Waals surface area contributed by atoms with Crippen LogP contribution in [0.3, 0.4) is 0 Å². The Morgan fingerprint density at radius 2 is 2.10 bits per heavy atom. The van der Waals surface area contributed by atoms with Gasteiger partial charge < -0.3 is 14.5 Å². The third kappa shape index (κ3) is 3.81. The number of hydrogen-bond acceptors (Lipinski definition) is 5. The quantitative estimate of drug-likeness (QED) is 0.827. The lowest BCUT2D eigenvalue weighted by molar-refractivity contribution is 0.0194. The Kier molecular flexibility index (Phi) is 4.38. The minimum Gasteiger partial charge on any atom is -0.373 e. The van der Waals surface area contributed by atoms with Crippen molar-refractivity contribution in [1.29, 1.82) is 0 Å². The monoisotopic (exact) mass is 296 g/mol. The fourth-order valence-corrected chi connectivity index (χ4v) is 2.74. The van der Waals surface area contributed by atoms with E-state index in [1.54, 1.807) is 12.4 Å². The van der Waals surface area contributed by atoms with Crippen molar-refractivity contribution in [1.82, 2.24) is 14.9 Å². The summed E-state index contributed by atoms with van der Waals surface area (Å²) in [5.41, 5.74) is 0. The lowest BCUT2D eigenvalue weighted by Crippen LogP contribution is -2.47. The van der Waals surface area contributed by atoms with Crippen LogP contribution in [-0.4, -0.2) is 60.8 Å². The van der Waals surface area contributed by atoms with Crippen LogP contribution in [0.15, 0.2) is 12.4 Å². The van der Waals surface area contributed by atoms with Crippen LogP contribution in [0.4, 0.5) is 5.95 Å². The first-order valence-electron chi connectivity index (χ1n) is 7.23. The van der Waals surface area contributed by atoms with Gasteiger partial charge in [0.2, 0.25) is 5.95 Å². The molecule has 0 aromatic carbocycles. The number of rotatable bonds is 5. The van der Waals surface area contributed by atoms with Gasteiger partial charge in [0.15, 0.2) is 0 Å². The zero-order valence-electron chi connectivity index (χ0n) is 11.8. The van der Waals surface area contributed by atoms with Crippen molar-refractivity contribution in [2.45, 2.75) is 18.9 Å². The summed E-state index contributed by atoms with van der Waals surface area (Å²) < 4.78 is 5.86. The van der Waals surface area contributed by atoms with E-state index in [4.69, 9.17) is 16.3 Å². The molecule has 1 aliphatic carbocycles. The highest BCUT2D eigenvalue weighted by Crippen LogP contribution is 2.29. The molecule has 1 aliphatic heterocycles. The molecule has 2 heterocycles. The molecular weight excluding hydrogens is 276 g/mol. The molecule has 1 aromatic heterocycles. The predicted octanol–water partition coefficient (Wildman–Crippen LogP) is 1.68. The molecule has 2 fully saturated rings. The van der Waals surface area contributed by atoms with Crippen molar-refractivity contribution >= 4 is 17.5 Å². The second-order valence-corrected chi connectivity index (χ2v) is 6.24. The molecule has 6 heteroatoms. The maximum Gasteiger partial charge on any atom is 0.225 e. The van der Waals surface area contributed by atoms with E-state index >= 15 is 0 Å². The zero-order chi connectivity index (χ0) is 13.9. The summed E-state index contributed by atoms with van der Waals surface area (Å²) in [5.74, 6) is 1.66. The molecule has 0 bridgehead atoms. The van der Waals surface area contributed by atoms with Gasteiger partial charge in [-0.1, -0.05) is 11.6 Å². The van der Waals surface area contributed by atoms with Gasteiger partial charge in [-0.3, -0.25) is 0 Å². The average molecular weight is 297 g/mol. The van der Waals surface area contributed by atoms with E-state index in [1.807, 2.05) is 0 Å². The molecule has 1 aromatic rings. The van der Waals surface area contributed by atoms with Crippen molar-refractivity contribution in [3.8, 4) is 0 Å². The van der Waals surface area contributed by atoms with Gasteiger partial charge in [0, 0.05) is 26.2 Å². The number of morpholine rings is 1. The van der Waals surface area contributed by atoms with Crippen LogP contribution < -0.4 is 4.90 Å². The fourth-order valence-electron chi connectivity index (χ4n) is 2.64. The summed E-state index contributed by atoms with van der Waals surface area (Å²) in [4.78, 5) is 13.1. The van der Waals surface area contributed by atoms with Gasteiger partial charge in [-0.2, -0.15) is 0 Å². The van der Waals surface area contributed by atoms with Crippen molar-refractivity contribution in [2.24, 2.45) is 5.92 Å². The van der Waals surface area contributed by atoms with Crippen molar-refractivity contribution in [3.05, 3.63) is 17.4 Å². The van der Waals surface area contributed by atoms with E-state index in [0.717, 1.165) is 38.1 Å². The smallest absolute Gasteiger partial charge is 0.225 e. The topological polar surface area (TPSA) is 41.5 Å². The third-order valence-electron chi connectivity index (χ3n) is 3.81. The lowest BCUT2D eigenvalue weighted by atomic mass is 10.2. The van der Waals surface area contributed by atoms with Gasteiger partial charge >= 0.3 is 0 Å². The molecule has 1 saturated carbocycles. The molecule has 5 nitrogen and oxygen atoms in total. The van der Waals surface area contributed by atoms with E-state index in [9.17, 15) is 0 Å². The minimum absolute atomic E-state index is 0.228. The van der Waals surface area contributed by atoms with E-state index in [2.05, 4.69) is 26.8 Å². The van der Waals surface area contributed by atoms with Gasteiger partial charge in [-0.25, -0.2) is 9.97 Å². The Labute approximate surface area is 124 Å². The van der Waals surface area contributed by atoms with Crippen LogP contribution in [-0.2, 0) is 4.74 Å². The second-order valence-electron chi connectivity index (χ2n) is 5.80. The maximum absolute atomic E-state index is 5.86. The summed E-state index contributed by atoms with van der Waals surface area (Å²) in [5, 5.41) is 0.572. The standard InChI is InChI=1S/C14H21ClN4O/c1-18(8-11-2-3-11)9-13-10-19(4-5-20-13)14-16-6-12(15)7-17-14/h6-7,11,13H,2-5,8-10H2,1H3. The van der Waals surface area contributed by atoms with Gasteiger partial charge in [-0.05, 0) is 25.8 Å². The molecule has 1 unspecified atom stereocenters. The van der Waals surface area contributed by atoms with Crippen molar-refractivity contribution in [2.75, 3.05) is 44.7 Å². The van der Waals surface area contributed by atoms with E-state index < -0.39 is 0 Å². The molecule has 1 saturated heterocycles. The largest absolute Gasteiger partial charge is 0.373 e. The SMILES string of the molecule is CN(CC1CC1)CC1CN(c2ncc(Cl)cn2)CCO1. The van der Waals surface area contributed by atoms with E-state index in [1.165, 1.54) is 19.4 Å². The average Bonchev–Trinajstić information content (AvgIpc) is 3.23. The summed E-state index contributed by atoms with van der Waals surface area (Å²) in [6.07, 6.45) is 6.30. The molecule has 0 amide bonds. The van der Waals surface area contributed by atoms with E-state index in [0.29, 0.717) is 5.02 Å².